The fourth-order valence-corrected chi connectivity index (χ4v) is 3.75. The van der Waals surface area contributed by atoms with Gasteiger partial charge in [-0.2, -0.15) is 0 Å². The molecule has 6 heteroatoms. The lowest BCUT2D eigenvalue weighted by Crippen LogP contribution is -2.24. The van der Waals surface area contributed by atoms with E-state index in [0.717, 1.165) is 24.1 Å². The van der Waals surface area contributed by atoms with Crippen LogP contribution in [0.2, 0.25) is 5.02 Å². The molecule has 0 saturated heterocycles. The first-order valence-electron chi connectivity index (χ1n) is 8.86. The molecule has 0 aliphatic rings. The number of aromatic nitrogens is 3. The van der Waals surface area contributed by atoms with Crippen molar-refractivity contribution in [2.24, 2.45) is 7.05 Å². The van der Waals surface area contributed by atoms with E-state index in [0.29, 0.717) is 33.6 Å². The third kappa shape index (κ3) is 2.90. The molecule has 138 valence electrons. The fourth-order valence-electron chi connectivity index (χ4n) is 3.49. The number of halogens is 1. The molecule has 2 heterocycles. The largest absolute Gasteiger partial charge is 0.497 e. The van der Waals surface area contributed by atoms with Crippen LogP contribution in [-0.2, 0) is 7.05 Å². The topological polar surface area (TPSA) is 48.5 Å². The summed E-state index contributed by atoms with van der Waals surface area (Å²) in [5, 5.41) is 5.24. The second-order valence-corrected chi connectivity index (χ2v) is 6.96. The zero-order valence-corrected chi connectivity index (χ0v) is 16.6. The number of hydrogen-bond acceptors (Lipinski definition) is 3. The van der Waals surface area contributed by atoms with Gasteiger partial charge in [0.25, 0.3) is 5.56 Å². The minimum absolute atomic E-state index is 0.0584. The predicted octanol–water partition coefficient (Wildman–Crippen LogP) is 4.57. The van der Waals surface area contributed by atoms with Crippen LogP contribution in [0, 0.1) is 6.92 Å². The van der Waals surface area contributed by atoms with Crippen molar-refractivity contribution < 1.29 is 4.74 Å². The van der Waals surface area contributed by atoms with Crippen LogP contribution in [0.5, 0.6) is 5.75 Å². The lowest BCUT2D eigenvalue weighted by Gasteiger charge is -2.14. The lowest BCUT2D eigenvalue weighted by atomic mass is 9.95. The Balaban J connectivity index is 2.30. The maximum Gasteiger partial charge on any atom is 0.278 e. The number of methoxy groups -OCH3 is 1. The van der Waals surface area contributed by atoms with Gasteiger partial charge in [0.15, 0.2) is 5.82 Å². The maximum absolute atomic E-state index is 13.2. The minimum atomic E-state index is -0.0584. The fraction of sp³-hybridized carbons (Fsp3) is 0.400. The van der Waals surface area contributed by atoms with Crippen LogP contribution in [0.3, 0.4) is 0 Å². The van der Waals surface area contributed by atoms with E-state index < -0.39 is 0 Å². The highest BCUT2D eigenvalue weighted by atomic mass is 35.5. The van der Waals surface area contributed by atoms with Crippen LogP contribution in [0.4, 0.5) is 0 Å². The Bertz CT molecular complexity index is 1020. The van der Waals surface area contributed by atoms with E-state index >= 15 is 0 Å². The number of ether oxygens (including phenoxy) is 1. The Morgan fingerprint density at radius 1 is 1.23 bits per heavy atom. The molecule has 0 aliphatic carbocycles. The molecule has 5 nitrogen and oxygen atoms in total. The molecule has 0 aliphatic heterocycles. The van der Waals surface area contributed by atoms with Gasteiger partial charge in [-0.1, -0.05) is 25.4 Å². The SMILES string of the molecule is CCC(CC)c1cc(C)n2nc(-c3ccc(OC)cc3Cl)n(C)c(=O)c12. The third-order valence-electron chi connectivity index (χ3n) is 5.05. The number of hydrogen-bond donors (Lipinski definition) is 0. The summed E-state index contributed by atoms with van der Waals surface area (Å²) in [7, 11) is 3.33. The summed E-state index contributed by atoms with van der Waals surface area (Å²) in [4.78, 5) is 13.2. The predicted molar refractivity (Wildman–Crippen MR) is 105 cm³/mol. The van der Waals surface area contributed by atoms with Gasteiger partial charge in [0.1, 0.15) is 11.3 Å². The van der Waals surface area contributed by atoms with E-state index in [1.165, 1.54) is 0 Å². The monoisotopic (exact) mass is 373 g/mol. The molecular weight excluding hydrogens is 350 g/mol. The highest BCUT2D eigenvalue weighted by molar-refractivity contribution is 6.33. The first kappa shape index (κ1) is 18.5. The Morgan fingerprint density at radius 2 is 1.92 bits per heavy atom. The summed E-state index contributed by atoms with van der Waals surface area (Å²) in [6, 6.07) is 7.46. The second kappa shape index (κ2) is 7.16. The molecule has 0 radical (unpaired) electrons. The number of benzene rings is 1. The highest BCUT2D eigenvalue weighted by Crippen LogP contribution is 2.31. The summed E-state index contributed by atoms with van der Waals surface area (Å²) in [5.74, 6) is 1.55. The van der Waals surface area contributed by atoms with Crippen LogP contribution >= 0.6 is 11.6 Å². The second-order valence-electron chi connectivity index (χ2n) is 6.55. The normalized spacial score (nSPS) is 11.5. The van der Waals surface area contributed by atoms with E-state index in [-0.39, 0.29) is 5.56 Å². The molecule has 0 amide bonds. The van der Waals surface area contributed by atoms with Gasteiger partial charge in [0.2, 0.25) is 0 Å². The van der Waals surface area contributed by atoms with E-state index in [4.69, 9.17) is 21.4 Å². The summed E-state index contributed by atoms with van der Waals surface area (Å²) in [6.45, 7) is 6.28. The summed E-state index contributed by atoms with van der Waals surface area (Å²) in [6.07, 6.45) is 1.98. The van der Waals surface area contributed by atoms with E-state index in [2.05, 4.69) is 19.9 Å². The number of fused-ring (bicyclic) bond motifs is 1. The molecule has 3 aromatic rings. The number of rotatable bonds is 5. The van der Waals surface area contributed by atoms with Crippen molar-refractivity contribution in [2.75, 3.05) is 7.11 Å². The van der Waals surface area contributed by atoms with Gasteiger partial charge in [-0.15, -0.1) is 5.10 Å². The van der Waals surface area contributed by atoms with E-state index in [1.807, 2.05) is 19.1 Å². The zero-order chi connectivity index (χ0) is 19.0. The minimum Gasteiger partial charge on any atom is -0.497 e. The van der Waals surface area contributed by atoms with Crippen molar-refractivity contribution in [2.45, 2.75) is 39.5 Å². The first-order valence-corrected chi connectivity index (χ1v) is 9.23. The molecule has 0 saturated carbocycles. The molecule has 0 spiro atoms. The van der Waals surface area contributed by atoms with Crippen LogP contribution < -0.4 is 10.3 Å². The number of aryl methyl sites for hydroxylation is 1. The van der Waals surface area contributed by atoms with Crippen molar-refractivity contribution >= 4 is 17.1 Å². The van der Waals surface area contributed by atoms with E-state index in [9.17, 15) is 4.79 Å². The van der Waals surface area contributed by atoms with Gasteiger partial charge in [-0.05, 0) is 55.5 Å². The van der Waals surface area contributed by atoms with Crippen LogP contribution in [0.15, 0.2) is 29.1 Å². The van der Waals surface area contributed by atoms with Crippen molar-refractivity contribution in [3.05, 3.63) is 50.9 Å². The van der Waals surface area contributed by atoms with Gasteiger partial charge >= 0.3 is 0 Å². The molecule has 1 aromatic carbocycles. The Morgan fingerprint density at radius 3 is 2.50 bits per heavy atom. The average molecular weight is 374 g/mol. The standard InChI is InChI=1S/C20H24ClN3O2/c1-6-13(7-2)16-10-12(3)24-18(16)20(25)23(4)19(22-24)15-9-8-14(26-5)11-17(15)21/h8-11,13H,6-7H2,1-5H3. The van der Waals surface area contributed by atoms with Gasteiger partial charge in [-0.3, -0.25) is 9.36 Å². The molecule has 2 aromatic heterocycles. The first-order chi connectivity index (χ1) is 12.4. The average Bonchev–Trinajstić information content (AvgIpc) is 2.96. The Kier molecular flexibility index (Phi) is 5.10. The van der Waals surface area contributed by atoms with Crippen molar-refractivity contribution in [1.29, 1.82) is 0 Å². The molecule has 26 heavy (non-hydrogen) atoms. The van der Waals surface area contributed by atoms with Crippen LogP contribution in [0.25, 0.3) is 16.9 Å². The molecule has 0 unspecified atom stereocenters. The molecule has 3 rings (SSSR count). The van der Waals surface area contributed by atoms with Crippen molar-refractivity contribution in [1.82, 2.24) is 14.2 Å². The van der Waals surface area contributed by atoms with Gasteiger partial charge in [-0.25, -0.2) is 4.52 Å². The lowest BCUT2D eigenvalue weighted by molar-refractivity contribution is 0.415. The quantitative estimate of drug-likeness (QED) is 0.658. The smallest absolute Gasteiger partial charge is 0.278 e. The Labute approximate surface area is 158 Å². The molecule has 0 N–H and O–H groups in total. The third-order valence-corrected chi connectivity index (χ3v) is 5.36. The van der Waals surface area contributed by atoms with E-state index in [1.54, 1.807) is 29.3 Å². The van der Waals surface area contributed by atoms with Crippen LogP contribution in [0.1, 0.15) is 43.9 Å². The molecule has 0 fully saturated rings. The summed E-state index contributed by atoms with van der Waals surface area (Å²) < 4.78 is 8.54. The summed E-state index contributed by atoms with van der Waals surface area (Å²) in [5.41, 5.74) is 3.33. The number of nitrogens with zero attached hydrogens (tertiary/aromatic N) is 3. The van der Waals surface area contributed by atoms with Gasteiger partial charge in [0, 0.05) is 18.3 Å². The van der Waals surface area contributed by atoms with Gasteiger partial charge < -0.3 is 4.74 Å². The van der Waals surface area contributed by atoms with Crippen molar-refractivity contribution in [3.63, 3.8) is 0 Å². The summed E-state index contributed by atoms with van der Waals surface area (Å²) >= 11 is 6.41. The van der Waals surface area contributed by atoms with Gasteiger partial charge in [0.05, 0.1) is 12.1 Å². The highest BCUT2D eigenvalue weighted by Gasteiger charge is 2.21. The molecule has 0 bridgehead atoms. The Hall–Kier alpha value is -2.27. The maximum atomic E-state index is 13.2. The molecular formula is C20H24ClN3O2. The molecule has 0 atom stereocenters. The zero-order valence-electron chi connectivity index (χ0n) is 15.8. The van der Waals surface area contributed by atoms with Crippen LogP contribution in [-0.4, -0.2) is 21.3 Å². The van der Waals surface area contributed by atoms with Crippen molar-refractivity contribution in [3.8, 4) is 17.1 Å².